The minimum atomic E-state index is -1.36. The molecule has 6 rings (SSSR count). The second-order valence-corrected chi connectivity index (χ2v) is 10.9. The van der Waals surface area contributed by atoms with E-state index < -0.39 is 17.5 Å². The van der Waals surface area contributed by atoms with E-state index in [2.05, 4.69) is 10.2 Å². The highest BCUT2D eigenvalue weighted by atomic mass is 35.5. The van der Waals surface area contributed by atoms with Crippen LogP contribution >= 0.6 is 23.2 Å². The number of rotatable bonds is 7. The summed E-state index contributed by atoms with van der Waals surface area (Å²) in [6.45, 7) is 3.08. The maximum absolute atomic E-state index is 13.7. The van der Waals surface area contributed by atoms with Crippen LogP contribution in [0.5, 0.6) is 11.5 Å². The Labute approximate surface area is 236 Å². The minimum Gasteiger partial charge on any atom is -0.490 e. The Hall–Kier alpha value is -3.33. The normalized spacial score (nSPS) is 25.4. The number of hydrogen-bond acceptors (Lipinski definition) is 6. The van der Waals surface area contributed by atoms with Gasteiger partial charge in [0.2, 0.25) is 0 Å². The monoisotopic (exact) mass is 567 g/mol. The molecule has 2 saturated heterocycles. The molecule has 4 atom stereocenters. The lowest BCUT2D eigenvalue weighted by atomic mass is 9.77. The van der Waals surface area contributed by atoms with Crippen molar-refractivity contribution >= 4 is 34.8 Å². The van der Waals surface area contributed by atoms with Crippen molar-refractivity contribution in [2.75, 3.05) is 18.5 Å². The third-order valence-corrected chi connectivity index (χ3v) is 8.73. The van der Waals surface area contributed by atoms with Gasteiger partial charge in [-0.15, -0.1) is 0 Å². The molecule has 10 heteroatoms. The van der Waals surface area contributed by atoms with Crippen LogP contribution in [0, 0.1) is 10.1 Å². The Bertz CT molecular complexity index is 1470. The van der Waals surface area contributed by atoms with Gasteiger partial charge in [-0.3, -0.25) is 19.8 Å². The third kappa shape index (κ3) is 4.04. The van der Waals surface area contributed by atoms with Gasteiger partial charge in [0.05, 0.1) is 12.5 Å². The highest BCUT2D eigenvalue weighted by Gasteiger charge is 2.73. The molecule has 0 unspecified atom stereocenters. The molecular weight excluding hydrogens is 541 g/mol. The number of benzene rings is 3. The van der Waals surface area contributed by atoms with Crippen molar-refractivity contribution in [1.29, 1.82) is 0 Å². The quantitative estimate of drug-likeness (QED) is 0.277. The third-order valence-electron chi connectivity index (χ3n) is 8.14. The van der Waals surface area contributed by atoms with Gasteiger partial charge in [0.25, 0.3) is 11.9 Å². The molecule has 3 heterocycles. The molecule has 0 bridgehead atoms. The van der Waals surface area contributed by atoms with Crippen molar-refractivity contribution in [2.24, 2.45) is 0 Å². The second kappa shape index (κ2) is 10.0. The van der Waals surface area contributed by atoms with Crippen molar-refractivity contribution in [1.82, 2.24) is 4.90 Å². The molecule has 3 aromatic rings. The van der Waals surface area contributed by atoms with Gasteiger partial charge in [-0.2, -0.15) is 0 Å². The molecule has 202 valence electrons. The van der Waals surface area contributed by atoms with Crippen LogP contribution in [0.25, 0.3) is 0 Å². The zero-order valence-electron chi connectivity index (χ0n) is 21.2. The number of nitro groups is 1. The minimum absolute atomic E-state index is 0.161. The van der Waals surface area contributed by atoms with E-state index in [-0.39, 0.29) is 23.5 Å². The number of fused-ring (bicyclic) bond motifs is 4. The van der Waals surface area contributed by atoms with Crippen molar-refractivity contribution in [2.45, 2.75) is 49.9 Å². The fourth-order valence-electron chi connectivity index (χ4n) is 6.69. The summed E-state index contributed by atoms with van der Waals surface area (Å²) in [6.07, 6.45) is 1.63. The lowest BCUT2D eigenvalue weighted by Gasteiger charge is -2.32. The Morgan fingerprint density at radius 1 is 1.10 bits per heavy atom. The van der Waals surface area contributed by atoms with E-state index in [1.165, 1.54) is 0 Å². The number of ether oxygens (including phenoxy) is 2. The van der Waals surface area contributed by atoms with Crippen LogP contribution < -0.4 is 14.8 Å². The Morgan fingerprint density at radius 2 is 1.92 bits per heavy atom. The molecule has 3 aliphatic rings. The number of nitrogens with one attached hydrogen (secondary N) is 1. The van der Waals surface area contributed by atoms with Crippen LogP contribution in [0.3, 0.4) is 0 Å². The fourth-order valence-corrected chi connectivity index (χ4v) is 7.15. The second-order valence-electron chi connectivity index (χ2n) is 10.1. The number of hydrogen-bond donors (Lipinski definition) is 1. The maximum Gasteiger partial charge on any atom is 0.256 e. The molecule has 0 saturated carbocycles. The van der Waals surface area contributed by atoms with Gasteiger partial charge in [0.1, 0.15) is 6.61 Å². The van der Waals surface area contributed by atoms with Gasteiger partial charge in [-0.1, -0.05) is 53.5 Å². The van der Waals surface area contributed by atoms with Crippen molar-refractivity contribution < 1.29 is 19.2 Å². The van der Waals surface area contributed by atoms with E-state index >= 15 is 0 Å². The number of nitrogens with zero attached hydrogens (tertiary/aromatic N) is 2. The number of carbonyl (C=O) groups is 1. The van der Waals surface area contributed by atoms with Gasteiger partial charge in [-0.25, -0.2) is 0 Å². The fraction of sp³-hybridized carbons (Fsp3) is 0.345. The Morgan fingerprint density at radius 3 is 2.69 bits per heavy atom. The summed E-state index contributed by atoms with van der Waals surface area (Å²) in [4.78, 5) is 28.3. The highest BCUT2D eigenvalue weighted by molar-refractivity contribution is 6.35. The first kappa shape index (κ1) is 25.9. The van der Waals surface area contributed by atoms with E-state index in [1.54, 1.807) is 24.3 Å². The topological polar surface area (TPSA) is 93.9 Å². The van der Waals surface area contributed by atoms with Gasteiger partial charge < -0.3 is 14.8 Å². The highest BCUT2D eigenvalue weighted by Crippen LogP contribution is 2.58. The van der Waals surface area contributed by atoms with Crippen LogP contribution in [0.2, 0.25) is 10.0 Å². The number of carbonyl (C=O) groups excluding carboxylic acids is 1. The maximum atomic E-state index is 13.7. The van der Waals surface area contributed by atoms with E-state index in [1.807, 2.05) is 43.3 Å². The van der Waals surface area contributed by atoms with Crippen LogP contribution in [-0.2, 0) is 16.9 Å². The van der Waals surface area contributed by atoms with Crippen molar-refractivity contribution in [3.05, 3.63) is 97.5 Å². The first-order valence-electron chi connectivity index (χ1n) is 13.0. The molecule has 0 aromatic heterocycles. The molecular formula is C29H27Cl2N3O5. The van der Waals surface area contributed by atoms with E-state index in [4.69, 9.17) is 32.7 Å². The first-order chi connectivity index (χ1) is 18.9. The summed E-state index contributed by atoms with van der Waals surface area (Å²) >= 11 is 12.3. The Kier molecular flexibility index (Phi) is 6.65. The van der Waals surface area contributed by atoms with Gasteiger partial charge in [-0.05, 0) is 55.7 Å². The van der Waals surface area contributed by atoms with Crippen molar-refractivity contribution in [3.8, 4) is 11.5 Å². The largest absolute Gasteiger partial charge is 0.490 e. The standard InChI is InChI=1S/C29H27Cl2N3O5/c1-2-38-25-14-17(10-12-24(25)39-16-18-9-11-19(30)15-21(18)31)26-23-8-5-13-33(23)29(27(26)34(36)37)20-6-3-4-7-22(20)32-28(29)35/h3-4,6-7,9-12,14-15,23,26-27H,2,5,8,13,16H2,1H3,(H,32,35)/t23-,26+,27+,29-/m0/s1. The summed E-state index contributed by atoms with van der Waals surface area (Å²) in [5.41, 5.74) is 1.48. The van der Waals surface area contributed by atoms with Crippen molar-refractivity contribution in [3.63, 3.8) is 0 Å². The molecule has 0 radical (unpaired) electrons. The summed E-state index contributed by atoms with van der Waals surface area (Å²) < 4.78 is 12.0. The molecule has 3 aromatic carbocycles. The Balaban J connectivity index is 1.40. The van der Waals surface area contributed by atoms with Crippen LogP contribution in [-0.4, -0.2) is 41.0 Å². The molecule has 8 nitrogen and oxygen atoms in total. The lowest BCUT2D eigenvalue weighted by molar-refractivity contribution is -0.534. The molecule has 1 N–H and O–H groups in total. The molecule has 39 heavy (non-hydrogen) atoms. The van der Waals surface area contributed by atoms with Crippen LogP contribution in [0.4, 0.5) is 5.69 Å². The van der Waals surface area contributed by atoms with Gasteiger partial charge >= 0.3 is 0 Å². The number of para-hydroxylation sites is 1. The number of anilines is 1. The van der Waals surface area contributed by atoms with Crippen LogP contribution in [0.15, 0.2) is 60.7 Å². The zero-order chi connectivity index (χ0) is 27.3. The average Bonchev–Trinajstić information content (AvgIpc) is 3.57. The molecule has 1 spiro atoms. The lowest BCUT2D eigenvalue weighted by Crippen LogP contribution is -2.55. The molecule has 0 aliphatic carbocycles. The molecule has 2 fully saturated rings. The SMILES string of the molecule is CCOc1cc([C@@H]2[C@@H]3CCCN3[C@]3(C(=O)Nc4ccccc43)[C@@H]2[N+](=O)[O-])ccc1OCc1ccc(Cl)cc1Cl. The predicted molar refractivity (Wildman–Crippen MR) is 148 cm³/mol. The predicted octanol–water partition coefficient (Wildman–Crippen LogP) is 6.03. The van der Waals surface area contributed by atoms with Gasteiger partial charge in [0.15, 0.2) is 17.0 Å². The number of halogens is 2. The first-order valence-corrected chi connectivity index (χ1v) is 13.8. The average molecular weight is 568 g/mol. The summed E-state index contributed by atoms with van der Waals surface area (Å²) in [6, 6.07) is 16.7. The van der Waals surface area contributed by atoms with E-state index in [0.29, 0.717) is 45.9 Å². The van der Waals surface area contributed by atoms with E-state index in [0.717, 1.165) is 24.0 Å². The zero-order valence-corrected chi connectivity index (χ0v) is 22.7. The summed E-state index contributed by atoms with van der Waals surface area (Å²) in [7, 11) is 0. The molecule has 1 amide bonds. The number of amides is 1. The summed E-state index contributed by atoms with van der Waals surface area (Å²) in [5.74, 6) is 0.149. The summed E-state index contributed by atoms with van der Waals surface area (Å²) in [5, 5.41) is 16.8. The smallest absolute Gasteiger partial charge is 0.256 e. The van der Waals surface area contributed by atoms with E-state index in [9.17, 15) is 14.9 Å². The van der Waals surface area contributed by atoms with Gasteiger partial charge in [0, 0.05) is 44.4 Å². The molecule has 3 aliphatic heterocycles. The van der Waals surface area contributed by atoms with Crippen LogP contribution in [0.1, 0.15) is 42.4 Å².